The highest BCUT2D eigenvalue weighted by Crippen LogP contribution is 2.40. The van der Waals surface area contributed by atoms with Crippen molar-refractivity contribution in [2.45, 2.75) is 17.1 Å². The minimum atomic E-state index is -4.32. The van der Waals surface area contributed by atoms with Gasteiger partial charge in [0.05, 0.1) is 16.5 Å². The summed E-state index contributed by atoms with van der Waals surface area (Å²) in [6.45, 7) is 2.69. The summed E-state index contributed by atoms with van der Waals surface area (Å²) >= 11 is 1.48. The van der Waals surface area contributed by atoms with Gasteiger partial charge in [-0.1, -0.05) is 0 Å². The van der Waals surface area contributed by atoms with E-state index >= 15 is 0 Å². The number of likely N-dealkylation sites (N-methyl/N-ethyl adjacent to an activating group) is 1. The van der Waals surface area contributed by atoms with Crippen LogP contribution in [0.4, 0.5) is 19.0 Å². The molecule has 104 valence electrons. The van der Waals surface area contributed by atoms with E-state index in [-0.39, 0.29) is 0 Å². The van der Waals surface area contributed by atoms with Crippen molar-refractivity contribution < 1.29 is 13.2 Å². The minimum Gasteiger partial charge on any atom is -0.349 e. The molecule has 1 aromatic heterocycles. The van der Waals surface area contributed by atoms with E-state index < -0.39 is 11.7 Å². The van der Waals surface area contributed by atoms with Gasteiger partial charge in [-0.15, -0.1) is 11.8 Å². The molecule has 0 saturated carbocycles. The zero-order chi connectivity index (χ0) is 13.6. The number of rotatable bonds is 0. The van der Waals surface area contributed by atoms with E-state index in [4.69, 9.17) is 0 Å². The molecule has 0 unspecified atom stereocenters. The van der Waals surface area contributed by atoms with Gasteiger partial charge in [-0.3, -0.25) is 0 Å². The largest absolute Gasteiger partial charge is 0.417 e. The van der Waals surface area contributed by atoms with Crippen molar-refractivity contribution in [2.75, 3.05) is 37.3 Å². The molecule has 2 aliphatic rings. The van der Waals surface area contributed by atoms with E-state index in [1.54, 1.807) is 0 Å². The fourth-order valence-corrected chi connectivity index (χ4v) is 3.70. The zero-order valence-corrected chi connectivity index (χ0v) is 11.3. The maximum Gasteiger partial charge on any atom is 0.417 e. The highest BCUT2D eigenvalue weighted by molar-refractivity contribution is 7.99. The number of pyridine rings is 1. The first-order chi connectivity index (χ1) is 8.95. The highest BCUT2D eigenvalue weighted by atomic mass is 32.2. The maximum absolute atomic E-state index is 12.7. The third-order valence-electron chi connectivity index (χ3n) is 3.55. The Hall–Kier alpha value is -0.950. The number of aromatic nitrogens is 1. The lowest BCUT2D eigenvalue weighted by Gasteiger charge is -2.43. The predicted octanol–water partition coefficient (Wildman–Crippen LogP) is 2.33. The Morgan fingerprint density at radius 1 is 1.37 bits per heavy atom. The molecule has 3 heterocycles. The number of halogens is 3. The zero-order valence-electron chi connectivity index (χ0n) is 10.4. The van der Waals surface area contributed by atoms with Crippen molar-refractivity contribution in [3.05, 3.63) is 17.8 Å². The van der Waals surface area contributed by atoms with Crippen molar-refractivity contribution in [1.82, 2.24) is 9.88 Å². The van der Waals surface area contributed by atoms with Gasteiger partial charge in [-0.05, 0) is 13.1 Å². The van der Waals surface area contributed by atoms with E-state index in [1.807, 2.05) is 0 Å². The Morgan fingerprint density at radius 2 is 2.16 bits per heavy atom. The molecule has 0 aliphatic carbocycles. The Balaban J connectivity index is 1.93. The molecular weight excluding hydrogens is 275 g/mol. The molecule has 1 aromatic rings. The molecule has 1 saturated heterocycles. The van der Waals surface area contributed by atoms with Gasteiger partial charge in [-0.2, -0.15) is 13.2 Å². The van der Waals surface area contributed by atoms with Gasteiger partial charge in [-0.25, -0.2) is 4.98 Å². The molecule has 0 amide bonds. The van der Waals surface area contributed by atoms with E-state index in [2.05, 4.69) is 21.8 Å². The summed E-state index contributed by atoms with van der Waals surface area (Å²) in [6.07, 6.45) is -3.37. The predicted molar refractivity (Wildman–Crippen MR) is 68.6 cm³/mol. The minimum absolute atomic E-state index is 0.348. The molecule has 7 heteroatoms. The van der Waals surface area contributed by atoms with Crippen molar-refractivity contribution in [2.24, 2.45) is 0 Å². The Morgan fingerprint density at radius 3 is 2.89 bits per heavy atom. The third-order valence-corrected chi connectivity index (χ3v) is 4.71. The van der Waals surface area contributed by atoms with Crippen molar-refractivity contribution in [1.29, 1.82) is 0 Å². The monoisotopic (exact) mass is 289 g/mol. The number of alkyl halides is 3. The summed E-state index contributed by atoms with van der Waals surface area (Å²) in [5, 5.41) is 0. The maximum atomic E-state index is 12.7. The van der Waals surface area contributed by atoms with Gasteiger partial charge in [0.1, 0.15) is 5.82 Å². The quantitative estimate of drug-likeness (QED) is 0.730. The van der Waals surface area contributed by atoms with Gasteiger partial charge in [0.2, 0.25) is 0 Å². The fourth-order valence-electron chi connectivity index (χ4n) is 2.53. The van der Waals surface area contributed by atoms with Crippen LogP contribution in [0.3, 0.4) is 0 Å². The van der Waals surface area contributed by atoms with E-state index in [1.165, 1.54) is 17.8 Å². The number of nitrogens with zero attached hydrogens (tertiary/aromatic N) is 3. The first kappa shape index (κ1) is 13.1. The molecule has 1 fully saturated rings. The van der Waals surface area contributed by atoms with Crippen LogP contribution in [0.5, 0.6) is 0 Å². The second-order valence-electron chi connectivity index (χ2n) is 4.96. The SMILES string of the molecule is CN1CCN2c3ncc(C(F)(F)F)cc3SC[C@H]2C1. The van der Waals surface area contributed by atoms with Gasteiger partial charge in [0.15, 0.2) is 0 Å². The van der Waals surface area contributed by atoms with Gasteiger partial charge >= 0.3 is 6.18 Å². The van der Waals surface area contributed by atoms with Crippen LogP contribution in [0, 0.1) is 0 Å². The normalized spacial score (nSPS) is 24.0. The Bertz CT molecular complexity index is 492. The fraction of sp³-hybridized carbons (Fsp3) is 0.583. The standard InChI is InChI=1S/C12H14F3N3S/c1-17-2-3-18-9(6-17)7-19-10-4-8(12(13,14)15)5-16-11(10)18/h4-5,9H,2-3,6-7H2,1H3/t9-/m1/s1. The van der Waals surface area contributed by atoms with Crippen molar-refractivity contribution >= 4 is 17.6 Å². The lowest BCUT2D eigenvalue weighted by Crippen LogP contribution is -2.54. The van der Waals surface area contributed by atoms with Gasteiger partial charge in [0.25, 0.3) is 0 Å². The molecule has 19 heavy (non-hydrogen) atoms. The Kier molecular flexibility index (Phi) is 3.13. The van der Waals surface area contributed by atoms with Gasteiger partial charge in [0, 0.05) is 31.6 Å². The molecule has 0 bridgehead atoms. The molecule has 0 N–H and O–H groups in total. The first-order valence-corrected chi connectivity index (χ1v) is 7.09. The first-order valence-electron chi connectivity index (χ1n) is 6.10. The number of hydrogen-bond acceptors (Lipinski definition) is 4. The number of anilines is 1. The summed E-state index contributed by atoms with van der Waals surface area (Å²) < 4.78 is 38.0. The average molecular weight is 289 g/mol. The number of hydrogen-bond donors (Lipinski definition) is 0. The van der Waals surface area contributed by atoms with Crippen LogP contribution in [-0.2, 0) is 6.18 Å². The van der Waals surface area contributed by atoms with Crippen LogP contribution in [0.25, 0.3) is 0 Å². The summed E-state index contributed by atoms with van der Waals surface area (Å²) in [5.41, 5.74) is -0.661. The number of fused-ring (bicyclic) bond motifs is 3. The summed E-state index contributed by atoms with van der Waals surface area (Å²) in [5.74, 6) is 1.53. The van der Waals surface area contributed by atoms with Crippen LogP contribution in [0.1, 0.15) is 5.56 Å². The molecule has 0 radical (unpaired) electrons. The summed E-state index contributed by atoms with van der Waals surface area (Å²) in [4.78, 5) is 9.10. The van der Waals surface area contributed by atoms with Gasteiger partial charge < -0.3 is 9.80 Å². The number of piperazine rings is 1. The summed E-state index contributed by atoms with van der Waals surface area (Å²) in [7, 11) is 2.07. The molecule has 2 aliphatic heterocycles. The third kappa shape index (κ3) is 2.41. The molecule has 1 atom stereocenters. The van der Waals surface area contributed by atoms with Crippen molar-refractivity contribution in [3.8, 4) is 0 Å². The molecule has 0 spiro atoms. The summed E-state index contributed by atoms with van der Waals surface area (Å²) in [6, 6.07) is 1.57. The second kappa shape index (κ2) is 4.56. The van der Waals surface area contributed by atoms with E-state index in [0.717, 1.165) is 31.6 Å². The molecule has 3 nitrogen and oxygen atoms in total. The lowest BCUT2D eigenvalue weighted by atomic mass is 10.2. The highest BCUT2D eigenvalue weighted by Gasteiger charge is 2.36. The number of thioether (sulfide) groups is 1. The molecule has 3 rings (SSSR count). The second-order valence-corrected chi connectivity index (χ2v) is 6.03. The smallest absolute Gasteiger partial charge is 0.349 e. The van der Waals surface area contributed by atoms with Crippen LogP contribution in [-0.4, -0.2) is 48.4 Å². The van der Waals surface area contributed by atoms with Crippen LogP contribution in [0.2, 0.25) is 0 Å². The topological polar surface area (TPSA) is 19.4 Å². The van der Waals surface area contributed by atoms with Crippen LogP contribution in [0.15, 0.2) is 17.2 Å². The molecule has 0 aromatic carbocycles. The van der Waals surface area contributed by atoms with Crippen LogP contribution < -0.4 is 4.90 Å². The van der Waals surface area contributed by atoms with E-state index in [9.17, 15) is 13.2 Å². The Labute approximate surface area is 113 Å². The van der Waals surface area contributed by atoms with Crippen molar-refractivity contribution in [3.63, 3.8) is 0 Å². The average Bonchev–Trinajstić information content (AvgIpc) is 2.36. The van der Waals surface area contributed by atoms with E-state index in [0.29, 0.717) is 16.8 Å². The molecular formula is C12H14F3N3S. The van der Waals surface area contributed by atoms with Crippen LogP contribution >= 0.6 is 11.8 Å². The lowest BCUT2D eigenvalue weighted by molar-refractivity contribution is -0.138.